The Morgan fingerprint density at radius 1 is 1.39 bits per heavy atom. The second-order valence-corrected chi connectivity index (χ2v) is 5.27. The lowest BCUT2D eigenvalue weighted by atomic mass is 10.2. The molecule has 2 aromatic rings. The monoisotopic (exact) mass is 328 g/mol. The molecule has 0 aliphatic carbocycles. The Morgan fingerprint density at radius 3 is 2.72 bits per heavy atom. The van der Waals surface area contributed by atoms with Gasteiger partial charge in [-0.2, -0.15) is 0 Å². The Hall–Kier alpha value is -0.970. The lowest BCUT2D eigenvalue weighted by molar-refractivity contribution is 0.459. The zero-order valence-corrected chi connectivity index (χ0v) is 12.3. The molecule has 0 aliphatic rings. The fourth-order valence-electron chi connectivity index (χ4n) is 1.67. The van der Waals surface area contributed by atoms with Gasteiger partial charge in [-0.3, -0.25) is 0 Å². The second-order valence-electron chi connectivity index (χ2n) is 4.01. The van der Waals surface area contributed by atoms with E-state index in [1.165, 1.54) is 0 Å². The van der Waals surface area contributed by atoms with Crippen LogP contribution in [0.15, 0.2) is 39.2 Å². The second kappa shape index (κ2) is 5.78. The summed E-state index contributed by atoms with van der Waals surface area (Å²) in [4.78, 5) is 0. The average molecular weight is 330 g/mol. The van der Waals surface area contributed by atoms with E-state index in [0.717, 1.165) is 21.7 Å². The topological polar surface area (TPSA) is 51.2 Å². The van der Waals surface area contributed by atoms with E-state index >= 15 is 0 Å². The fraction of sp³-hybridized carbons (Fsp3) is 0.231. The molecule has 5 heteroatoms. The molecular weight excluding hydrogens is 316 g/mol. The van der Waals surface area contributed by atoms with Crippen LogP contribution in [0.2, 0.25) is 5.02 Å². The van der Waals surface area contributed by atoms with Crippen LogP contribution in [0.25, 0.3) is 0 Å². The minimum atomic E-state index is -0.0493. The van der Waals surface area contributed by atoms with Gasteiger partial charge in [0.25, 0.3) is 0 Å². The van der Waals surface area contributed by atoms with Gasteiger partial charge in [0.2, 0.25) is 0 Å². The van der Waals surface area contributed by atoms with Gasteiger partial charge in [-0.1, -0.05) is 11.6 Å². The number of nitrogens with two attached hydrogens (primary N) is 1. The summed E-state index contributed by atoms with van der Waals surface area (Å²) >= 11 is 9.35. The number of hydrogen-bond donors (Lipinski definition) is 2. The Balaban J connectivity index is 2.17. The van der Waals surface area contributed by atoms with E-state index in [0.29, 0.717) is 11.6 Å². The van der Waals surface area contributed by atoms with E-state index < -0.39 is 0 Å². The van der Waals surface area contributed by atoms with Crippen LogP contribution in [-0.4, -0.2) is 6.54 Å². The fourth-order valence-corrected chi connectivity index (χ4v) is 2.17. The van der Waals surface area contributed by atoms with Gasteiger partial charge >= 0.3 is 0 Å². The van der Waals surface area contributed by atoms with Crippen LogP contribution in [0.5, 0.6) is 0 Å². The third-order valence-corrected chi connectivity index (χ3v) is 3.81. The molecule has 0 aliphatic heterocycles. The van der Waals surface area contributed by atoms with E-state index in [-0.39, 0.29) is 6.04 Å². The quantitative estimate of drug-likeness (QED) is 0.887. The average Bonchev–Trinajstić information content (AvgIpc) is 2.77. The number of rotatable bonds is 4. The number of benzene rings is 1. The van der Waals surface area contributed by atoms with Crippen molar-refractivity contribution in [1.82, 2.24) is 0 Å². The smallest absolute Gasteiger partial charge is 0.127 e. The maximum absolute atomic E-state index is 5.95. The van der Waals surface area contributed by atoms with Gasteiger partial charge in [0.05, 0.1) is 11.1 Å². The minimum absolute atomic E-state index is 0.0493. The zero-order chi connectivity index (χ0) is 13.1. The first kappa shape index (κ1) is 13.5. The summed E-state index contributed by atoms with van der Waals surface area (Å²) < 4.78 is 6.43. The molecule has 2 rings (SSSR count). The Morgan fingerprint density at radius 2 is 2.17 bits per heavy atom. The highest BCUT2D eigenvalue weighted by Crippen LogP contribution is 2.28. The van der Waals surface area contributed by atoms with Gasteiger partial charge in [-0.25, -0.2) is 0 Å². The number of anilines is 1. The molecule has 1 unspecified atom stereocenters. The van der Waals surface area contributed by atoms with Crippen molar-refractivity contribution in [2.75, 3.05) is 11.9 Å². The normalized spacial score (nSPS) is 12.4. The first-order valence-corrected chi connectivity index (χ1v) is 6.75. The molecule has 0 fully saturated rings. The summed E-state index contributed by atoms with van der Waals surface area (Å²) in [7, 11) is 0. The van der Waals surface area contributed by atoms with Crippen molar-refractivity contribution in [1.29, 1.82) is 0 Å². The van der Waals surface area contributed by atoms with Gasteiger partial charge in [0.15, 0.2) is 0 Å². The predicted octanol–water partition coefficient (Wildman–Crippen LogP) is 4.12. The Kier molecular flexibility index (Phi) is 4.32. The third-order valence-electron chi connectivity index (χ3n) is 2.60. The van der Waals surface area contributed by atoms with Gasteiger partial charge in [0.1, 0.15) is 11.5 Å². The van der Waals surface area contributed by atoms with Crippen LogP contribution in [0.1, 0.15) is 17.6 Å². The molecule has 1 aromatic carbocycles. The van der Waals surface area contributed by atoms with Crippen molar-refractivity contribution in [3.8, 4) is 0 Å². The van der Waals surface area contributed by atoms with Crippen molar-refractivity contribution in [3.05, 3.63) is 51.3 Å². The summed E-state index contributed by atoms with van der Waals surface area (Å²) in [5.74, 6) is 1.71. The molecule has 3 N–H and O–H groups in total. The van der Waals surface area contributed by atoms with Gasteiger partial charge < -0.3 is 15.5 Å². The van der Waals surface area contributed by atoms with E-state index in [9.17, 15) is 0 Å². The van der Waals surface area contributed by atoms with Crippen LogP contribution < -0.4 is 11.1 Å². The Labute approximate surface area is 119 Å². The van der Waals surface area contributed by atoms with E-state index in [4.69, 9.17) is 21.8 Å². The number of nitrogens with one attached hydrogen (secondary N) is 1. The molecule has 0 saturated carbocycles. The largest absolute Gasteiger partial charge is 0.464 e. The van der Waals surface area contributed by atoms with Crippen molar-refractivity contribution in [3.63, 3.8) is 0 Å². The van der Waals surface area contributed by atoms with Crippen molar-refractivity contribution in [2.45, 2.75) is 13.0 Å². The van der Waals surface area contributed by atoms with Gasteiger partial charge in [-0.15, -0.1) is 0 Å². The van der Waals surface area contributed by atoms with Crippen LogP contribution >= 0.6 is 27.5 Å². The molecule has 0 saturated heterocycles. The number of furan rings is 1. The molecule has 1 heterocycles. The minimum Gasteiger partial charge on any atom is -0.464 e. The van der Waals surface area contributed by atoms with Crippen molar-refractivity contribution in [2.24, 2.45) is 5.73 Å². The summed E-state index contributed by atoms with van der Waals surface area (Å²) in [6.45, 7) is 2.36. The summed E-state index contributed by atoms with van der Waals surface area (Å²) in [6.07, 6.45) is 0. The maximum atomic E-state index is 5.95. The molecule has 96 valence electrons. The molecule has 0 radical (unpaired) electrons. The zero-order valence-electron chi connectivity index (χ0n) is 9.91. The predicted molar refractivity (Wildman–Crippen MR) is 78.0 cm³/mol. The number of halogens is 2. The van der Waals surface area contributed by atoms with Crippen molar-refractivity contribution >= 4 is 33.2 Å². The first-order chi connectivity index (χ1) is 8.60. The molecule has 1 atom stereocenters. The first-order valence-electron chi connectivity index (χ1n) is 5.58. The molecule has 3 nitrogen and oxygen atoms in total. The summed E-state index contributed by atoms with van der Waals surface area (Å²) in [5.41, 5.74) is 6.71. The highest BCUT2D eigenvalue weighted by Gasteiger charge is 2.13. The molecule has 0 bridgehead atoms. The number of hydrogen-bond acceptors (Lipinski definition) is 3. The highest BCUT2D eigenvalue weighted by molar-refractivity contribution is 9.10. The third kappa shape index (κ3) is 3.07. The Bertz CT molecular complexity index is 542. The van der Waals surface area contributed by atoms with Gasteiger partial charge in [0, 0.05) is 16.7 Å². The summed E-state index contributed by atoms with van der Waals surface area (Å²) in [5, 5.41) is 4.00. The molecule has 0 spiro atoms. The summed E-state index contributed by atoms with van der Waals surface area (Å²) in [6, 6.07) is 9.47. The molecular formula is C13H14BrClN2O. The van der Waals surface area contributed by atoms with E-state index in [2.05, 4.69) is 21.2 Å². The van der Waals surface area contributed by atoms with E-state index in [1.807, 2.05) is 37.3 Å². The van der Waals surface area contributed by atoms with E-state index in [1.54, 1.807) is 0 Å². The van der Waals surface area contributed by atoms with Crippen LogP contribution in [0, 0.1) is 6.92 Å². The van der Waals surface area contributed by atoms with Gasteiger partial charge in [-0.05, 0) is 53.2 Å². The highest BCUT2D eigenvalue weighted by atomic mass is 79.9. The standard InChI is InChI=1S/C13H14BrClN2O/c1-8-2-5-13(18-8)12(7-16)17-9-3-4-11(15)10(14)6-9/h2-6,12,17H,7,16H2,1H3. The molecule has 1 aromatic heterocycles. The molecule has 0 amide bonds. The van der Waals surface area contributed by atoms with Crippen LogP contribution in [-0.2, 0) is 0 Å². The molecule has 18 heavy (non-hydrogen) atoms. The number of aryl methyl sites for hydroxylation is 1. The van der Waals surface area contributed by atoms with Crippen molar-refractivity contribution < 1.29 is 4.42 Å². The van der Waals surface area contributed by atoms with Crippen LogP contribution in [0.4, 0.5) is 5.69 Å². The SMILES string of the molecule is Cc1ccc(C(CN)Nc2ccc(Cl)c(Br)c2)o1. The maximum Gasteiger partial charge on any atom is 0.127 e. The van der Waals surface area contributed by atoms with Crippen LogP contribution in [0.3, 0.4) is 0 Å². The lowest BCUT2D eigenvalue weighted by Crippen LogP contribution is -2.20. The lowest BCUT2D eigenvalue weighted by Gasteiger charge is -2.16.